The average Bonchev–Trinajstić information content (AvgIpc) is 3.06. The zero-order valence-electron chi connectivity index (χ0n) is 19.0. The van der Waals surface area contributed by atoms with Crippen LogP contribution in [0.1, 0.15) is 52.0 Å². The lowest BCUT2D eigenvalue weighted by Gasteiger charge is -2.42. The minimum absolute atomic E-state index is 0.0795. The number of alkyl carbamates (subject to hydrolysis) is 1. The second kappa shape index (κ2) is 10.2. The highest BCUT2D eigenvalue weighted by Crippen LogP contribution is 2.28. The monoisotopic (exact) mass is 446 g/mol. The van der Waals surface area contributed by atoms with Gasteiger partial charge in [-0.2, -0.15) is 0 Å². The van der Waals surface area contributed by atoms with Crippen molar-refractivity contribution in [2.75, 3.05) is 6.54 Å². The van der Waals surface area contributed by atoms with Crippen molar-refractivity contribution in [1.82, 2.24) is 20.9 Å². The Balaban J connectivity index is 1.56. The van der Waals surface area contributed by atoms with Crippen LogP contribution in [-0.4, -0.2) is 64.4 Å². The van der Waals surface area contributed by atoms with Crippen LogP contribution in [0.2, 0.25) is 0 Å². The molecule has 1 aromatic rings. The number of carbonyl (C=O) groups excluding carboxylic acids is 2. The molecule has 0 bridgehead atoms. The largest absolute Gasteiger partial charge is 0.465 e. The van der Waals surface area contributed by atoms with E-state index in [9.17, 15) is 19.5 Å². The predicted octanol–water partition coefficient (Wildman–Crippen LogP) is 2.46. The second-order valence-corrected chi connectivity index (χ2v) is 9.61. The van der Waals surface area contributed by atoms with Gasteiger partial charge >= 0.3 is 12.2 Å². The van der Waals surface area contributed by atoms with Crippen LogP contribution in [0.3, 0.4) is 0 Å². The Labute approximate surface area is 188 Å². The highest BCUT2D eigenvalue weighted by atomic mass is 16.5. The summed E-state index contributed by atoms with van der Waals surface area (Å²) in [5.41, 5.74) is 0.786. The summed E-state index contributed by atoms with van der Waals surface area (Å²) >= 11 is 0. The molecule has 9 nitrogen and oxygen atoms in total. The van der Waals surface area contributed by atoms with Gasteiger partial charge in [0.2, 0.25) is 5.91 Å². The summed E-state index contributed by atoms with van der Waals surface area (Å²) in [6.45, 7) is 6.84. The van der Waals surface area contributed by atoms with Crippen LogP contribution >= 0.6 is 0 Å². The first-order chi connectivity index (χ1) is 15.1. The lowest BCUT2D eigenvalue weighted by atomic mass is 9.84. The maximum Gasteiger partial charge on any atom is 0.408 e. The van der Waals surface area contributed by atoms with E-state index in [1.807, 2.05) is 30.3 Å². The van der Waals surface area contributed by atoms with Crippen molar-refractivity contribution in [1.29, 1.82) is 0 Å². The quantitative estimate of drug-likeness (QED) is 0.533. The van der Waals surface area contributed by atoms with Crippen molar-refractivity contribution in [2.24, 2.45) is 0 Å². The van der Waals surface area contributed by atoms with E-state index < -0.39 is 18.2 Å². The second-order valence-electron chi connectivity index (χ2n) is 9.61. The third-order valence-electron chi connectivity index (χ3n) is 5.90. The number of nitrogens with one attached hydrogen (secondary N) is 3. The third-order valence-corrected chi connectivity index (χ3v) is 5.90. The summed E-state index contributed by atoms with van der Waals surface area (Å²) in [5.74, 6) is -0.189. The molecule has 176 valence electrons. The van der Waals surface area contributed by atoms with Gasteiger partial charge in [0.15, 0.2) is 0 Å². The zero-order valence-corrected chi connectivity index (χ0v) is 19.0. The van der Waals surface area contributed by atoms with Gasteiger partial charge in [-0.3, -0.25) is 4.79 Å². The predicted molar refractivity (Wildman–Crippen MR) is 119 cm³/mol. The van der Waals surface area contributed by atoms with Gasteiger partial charge < -0.3 is 30.7 Å². The van der Waals surface area contributed by atoms with Crippen LogP contribution in [0.5, 0.6) is 0 Å². The van der Waals surface area contributed by atoms with Crippen LogP contribution < -0.4 is 16.0 Å². The molecule has 2 aliphatic rings. The van der Waals surface area contributed by atoms with E-state index in [2.05, 4.69) is 36.7 Å². The molecule has 4 atom stereocenters. The Morgan fingerprint density at radius 3 is 2.50 bits per heavy atom. The number of amides is 3. The molecule has 32 heavy (non-hydrogen) atoms. The molecule has 0 radical (unpaired) electrons. The Kier molecular flexibility index (Phi) is 7.60. The highest BCUT2D eigenvalue weighted by Gasteiger charge is 2.43. The molecular formula is C23H34N4O5. The van der Waals surface area contributed by atoms with E-state index in [1.165, 1.54) is 0 Å². The van der Waals surface area contributed by atoms with E-state index >= 15 is 0 Å². The molecule has 1 saturated carbocycles. The van der Waals surface area contributed by atoms with Crippen molar-refractivity contribution in [3.63, 3.8) is 0 Å². The van der Waals surface area contributed by atoms with E-state index in [1.54, 1.807) is 4.90 Å². The first-order valence-corrected chi connectivity index (χ1v) is 11.2. The van der Waals surface area contributed by atoms with E-state index in [0.717, 1.165) is 12.0 Å². The van der Waals surface area contributed by atoms with Gasteiger partial charge in [0.1, 0.15) is 12.6 Å². The van der Waals surface area contributed by atoms with Crippen molar-refractivity contribution in [3.8, 4) is 0 Å². The standard InChI is InChI=1S/C23H34N4O5/c1-23(2,3)26-16-9-10-19(18(13-16)24-21(29)30)27-12-11-17(20(27)28)25-22(31)32-14-15-7-5-4-6-8-15/h4-8,16-19,24,26H,9-14H2,1-3H3,(H,25,31)(H,29,30)/t16?,17-,18+,19-/m0/s1. The first kappa shape index (κ1) is 23.8. The molecule has 9 heteroatoms. The van der Waals surface area contributed by atoms with Gasteiger partial charge in [-0.25, -0.2) is 9.59 Å². The summed E-state index contributed by atoms with van der Waals surface area (Å²) < 4.78 is 5.23. The van der Waals surface area contributed by atoms with Gasteiger partial charge in [-0.05, 0) is 52.0 Å². The zero-order chi connectivity index (χ0) is 23.3. The third kappa shape index (κ3) is 6.59. The molecule has 1 aromatic carbocycles. The number of hydrogen-bond donors (Lipinski definition) is 4. The van der Waals surface area contributed by atoms with Crippen molar-refractivity contribution < 1.29 is 24.2 Å². The van der Waals surface area contributed by atoms with Crippen LogP contribution in [0, 0.1) is 0 Å². The van der Waals surface area contributed by atoms with Gasteiger partial charge in [0.25, 0.3) is 0 Å². The van der Waals surface area contributed by atoms with Crippen LogP contribution in [-0.2, 0) is 16.1 Å². The Hall–Kier alpha value is -2.81. The first-order valence-electron chi connectivity index (χ1n) is 11.2. The molecule has 1 unspecified atom stereocenters. The lowest BCUT2D eigenvalue weighted by Crippen LogP contribution is -2.59. The fraction of sp³-hybridized carbons (Fsp3) is 0.609. The lowest BCUT2D eigenvalue weighted by molar-refractivity contribution is -0.132. The summed E-state index contributed by atoms with van der Waals surface area (Å²) in [6.07, 6.45) is 0.889. The number of nitrogens with zero attached hydrogens (tertiary/aromatic N) is 1. The maximum absolute atomic E-state index is 13.0. The number of likely N-dealkylation sites (tertiary alicyclic amines) is 1. The number of ether oxygens (including phenoxy) is 1. The summed E-state index contributed by atoms with van der Waals surface area (Å²) in [5, 5.41) is 18.1. The average molecular weight is 447 g/mol. The van der Waals surface area contributed by atoms with E-state index in [-0.39, 0.29) is 36.2 Å². The molecule has 1 aliphatic heterocycles. The van der Waals surface area contributed by atoms with Crippen molar-refractivity contribution in [3.05, 3.63) is 35.9 Å². The molecule has 1 heterocycles. The fourth-order valence-electron chi connectivity index (χ4n) is 4.66. The molecule has 1 saturated heterocycles. The minimum Gasteiger partial charge on any atom is -0.465 e. The summed E-state index contributed by atoms with van der Waals surface area (Å²) in [7, 11) is 0. The van der Waals surface area contributed by atoms with E-state index in [0.29, 0.717) is 25.8 Å². The molecule has 4 N–H and O–H groups in total. The van der Waals surface area contributed by atoms with Gasteiger partial charge in [0.05, 0.1) is 12.1 Å². The fourth-order valence-corrected chi connectivity index (χ4v) is 4.66. The molecule has 2 fully saturated rings. The number of rotatable bonds is 6. The van der Waals surface area contributed by atoms with Crippen molar-refractivity contribution >= 4 is 18.1 Å². The van der Waals surface area contributed by atoms with Gasteiger partial charge in [0, 0.05) is 18.1 Å². The number of carbonyl (C=O) groups is 3. The molecular weight excluding hydrogens is 412 g/mol. The van der Waals surface area contributed by atoms with Crippen molar-refractivity contribution in [2.45, 2.75) is 82.8 Å². The van der Waals surface area contributed by atoms with Gasteiger partial charge in [-0.15, -0.1) is 0 Å². The molecule has 0 spiro atoms. The molecule has 0 aromatic heterocycles. The number of hydrogen-bond acceptors (Lipinski definition) is 5. The van der Waals surface area contributed by atoms with Crippen LogP contribution in [0.25, 0.3) is 0 Å². The topological polar surface area (TPSA) is 120 Å². The Bertz CT molecular complexity index is 810. The van der Waals surface area contributed by atoms with Gasteiger partial charge in [-0.1, -0.05) is 30.3 Å². The summed E-state index contributed by atoms with van der Waals surface area (Å²) in [6, 6.07) is 8.24. The maximum atomic E-state index is 13.0. The summed E-state index contributed by atoms with van der Waals surface area (Å²) in [4.78, 5) is 38.3. The van der Waals surface area contributed by atoms with E-state index in [4.69, 9.17) is 4.74 Å². The smallest absolute Gasteiger partial charge is 0.408 e. The SMILES string of the molecule is CC(C)(C)NC1CC[C@H](N2CC[C@H](NC(=O)OCc3ccccc3)C2=O)[C@H](NC(=O)O)C1. The molecule has 1 aliphatic carbocycles. The normalized spacial score (nSPS) is 26.0. The number of benzene rings is 1. The van der Waals surface area contributed by atoms with Crippen LogP contribution in [0.15, 0.2) is 30.3 Å². The Morgan fingerprint density at radius 1 is 1.12 bits per heavy atom. The highest BCUT2D eigenvalue weighted by molar-refractivity contribution is 5.87. The molecule has 3 amide bonds. The number of carboxylic acid groups (broad SMARTS) is 1. The Morgan fingerprint density at radius 2 is 1.84 bits per heavy atom. The van der Waals surface area contributed by atoms with Crippen LogP contribution in [0.4, 0.5) is 9.59 Å². The minimum atomic E-state index is -1.10. The molecule has 3 rings (SSSR count).